The van der Waals surface area contributed by atoms with Gasteiger partial charge in [0.05, 0.1) is 0 Å². The number of aliphatic imine (C=N–C) groups is 1. The second-order valence-corrected chi connectivity index (χ2v) is 4.45. The van der Waals surface area contributed by atoms with Crippen LogP contribution in [0.5, 0.6) is 0 Å². The molecule has 0 aromatic carbocycles. The first-order valence-electron chi connectivity index (χ1n) is 5.16. The van der Waals surface area contributed by atoms with Crippen molar-refractivity contribution in [3.05, 3.63) is 24.6 Å². The second kappa shape index (κ2) is 6.75. The summed E-state index contributed by atoms with van der Waals surface area (Å²) in [6.07, 6.45) is 4.66. The molecule has 0 aliphatic rings. The number of carbonyl (C=O) groups is 1. The first-order chi connectivity index (χ1) is 7.77. The smallest absolute Gasteiger partial charge is 0.251 e. The van der Waals surface area contributed by atoms with Crippen LogP contribution in [0.1, 0.15) is 20.8 Å². The van der Waals surface area contributed by atoms with Crippen LogP contribution in [-0.2, 0) is 4.79 Å². The van der Waals surface area contributed by atoms with E-state index in [0.29, 0.717) is 5.71 Å². The summed E-state index contributed by atoms with van der Waals surface area (Å²) in [6, 6.07) is 0. The molecule has 0 radical (unpaired) electrons. The molecular weight excluding hydrogens is 218 g/mol. The predicted molar refractivity (Wildman–Crippen MR) is 69.2 cm³/mol. The van der Waals surface area contributed by atoms with Crippen molar-refractivity contribution < 1.29 is 9.90 Å². The monoisotopic (exact) mass is 237 g/mol. The Morgan fingerprint density at radius 2 is 2.12 bits per heavy atom. The highest BCUT2D eigenvalue weighted by Crippen LogP contribution is 2.14. The summed E-state index contributed by atoms with van der Waals surface area (Å²) in [5.41, 5.74) is 0.279. The number of nitrogens with one attached hydrogen (secondary N) is 2. The van der Waals surface area contributed by atoms with Crippen LogP contribution < -0.4 is 5.32 Å². The molecule has 0 atom stereocenters. The first kappa shape index (κ1) is 15.2. The van der Waals surface area contributed by atoms with E-state index in [-0.39, 0.29) is 11.2 Å². The molecule has 0 aliphatic heterocycles. The van der Waals surface area contributed by atoms with Crippen molar-refractivity contribution in [2.24, 2.45) is 10.4 Å². The molecule has 0 rings (SSSR count). The third kappa shape index (κ3) is 7.19. The SMILES string of the molecule is C=C(N=C/C=C\C(=N)C(C)(C)C)NC(=O)CO. The average molecular weight is 237 g/mol. The minimum atomic E-state index is -0.598. The number of hydrogen-bond acceptors (Lipinski definition) is 4. The van der Waals surface area contributed by atoms with Crippen LogP contribution in [0.15, 0.2) is 29.5 Å². The average Bonchev–Trinajstić information content (AvgIpc) is 2.22. The van der Waals surface area contributed by atoms with Crippen molar-refractivity contribution in [2.45, 2.75) is 20.8 Å². The Morgan fingerprint density at radius 1 is 1.53 bits per heavy atom. The van der Waals surface area contributed by atoms with Crippen LogP contribution in [0.4, 0.5) is 0 Å². The maximum Gasteiger partial charge on any atom is 0.251 e. The van der Waals surface area contributed by atoms with Gasteiger partial charge in [0.15, 0.2) is 0 Å². The molecule has 0 unspecified atom stereocenters. The van der Waals surface area contributed by atoms with Gasteiger partial charge >= 0.3 is 0 Å². The summed E-state index contributed by atoms with van der Waals surface area (Å²) < 4.78 is 0. The molecule has 94 valence electrons. The molecule has 1 amide bonds. The van der Waals surface area contributed by atoms with Gasteiger partial charge in [-0.1, -0.05) is 27.4 Å². The lowest BCUT2D eigenvalue weighted by Gasteiger charge is -2.16. The molecule has 5 heteroatoms. The van der Waals surface area contributed by atoms with Crippen LogP contribution in [0.25, 0.3) is 0 Å². The quantitative estimate of drug-likeness (QED) is 0.629. The zero-order valence-corrected chi connectivity index (χ0v) is 10.4. The number of hydrogen-bond donors (Lipinski definition) is 3. The van der Waals surface area contributed by atoms with E-state index in [9.17, 15) is 4.79 Å². The van der Waals surface area contributed by atoms with E-state index in [2.05, 4.69) is 16.9 Å². The van der Waals surface area contributed by atoms with Gasteiger partial charge in [-0.3, -0.25) is 4.79 Å². The number of carbonyl (C=O) groups excluding carboxylic acids is 1. The van der Waals surface area contributed by atoms with Gasteiger partial charge in [0.25, 0.3) is 5.91 Å². The molecule has 0 bridgehead atoms. The van der Waals surface area contributed by atoms with Crippen LogP contribution in [-0.4, -0.2) is 29.5 Å². The molecule has 0 saturated heterocycles. The first-order valence-corrected chi connectivity index (χ1v) is 5.16. The van der Waals surface area contributed by atoms with Crippen molar-refractivity contribution in [3.8, 4) is 0 Å². The van der Waals surface area contributed by atoms with E-state index >= 15 is 0 Å². The summed E-state index contributed by atoms with van der Waals surface area (Å²) in [5.74, 6) is -0.408. The lowest BCUT2D eigenvalue weighted by molar-refractivity contribution is -0.123. The fourth-order valence-electron chi connectivity index (χ4n) is 0.755. The fraction of sp³-hybridized carbons (Fsp3) is 0.417. The minimum absolute atomic E-state index is 0.149. The lowest BCUT2D eigenvalue weighted by Crippen LogP contribution is -2.24. The number of nitrogens with zero attached hydrogens (tertiary/aromatic N) is 1. The maximum atomic E-state index is 10.7. The number of aliphatic hydroxyl groups is 1. The second-order valence-electron chi connectivity index (χ2n) is 4.45. The third-order valence-electron chi connectivity index (χ3n) is 1.81. The van der Waals surface area contributed by atoms with Gasteiger partial charge in [0.2, 0.25) is 0 Å². The van der Waals surface area contributed by atoms with E-state index in [0.717, 1.165) is 0 Å². The van der Waals surface area contributed by atoms with Gasteiger partial charge in [0, 0.05) is 17.3 Å². The Kier molecular flexibility index (Phi) is 6.06. The summed E-state index contributed by atoms with van der Waals surface area (Å²) in [6.45, 7) is 8.71. The molecular formula is C12H19N3O2. The molecule has 0 spiro atoms. The van der Waals surface area contributed by atoms with Gasteiger partial charge in [-0.25, -0.2) is 4.99 Å². The van der Waals surface area contributed by atoms with Gasteiger partial charge in [-0.2, -0.15) is 0 Å². The van der Waals surface area contributed by atoms with Crippen LogP contribution in [0.2, 0.25) is 0 Å². The zero-order chi connectivity index (χ0) is 13.5. The molecule has 0 aliphatic carbocycles. The summed E-state index contributed by atoms with van der Waals surface area (Å²) in [7, 11) is 0. The van der Waals surface area contributed by atoms with Crippen molar-refractivity contribution in [1.29, 1.82) is 5.41 Å². The Hall–Kier alpha value is -1.75. The van der Waals surface area contributed by atoms with E-state index in [1.807, 2.05) is 20.8 Å². The molecule has 0 saturated carbocycles. The van der Waals surface area contributed by atoms with E-state index in [1.165, 1.54) is 6.21 Å². The van der Waals surface area contributed by atoms with Gasteiger partial charge in [-0.05, 0) is 12.2 Å². The standard InChI is InChI=1S/C12H19N3O2/c1-9(15-11(17)8-16)14-7-5-6-10(13)12(2,3)4/h5-7,13,16H,1,8H2,2-4H3,(H,15,17)/b6-5-,13-10?,14-7?. The topological polar surface area (TPSA) is 85.5 Å². The molecule has 0 heterocycles. The van der Waals surface area contributed by atoms with Crippen molar-refractivity contribution in [2.75, 3.05) is 6.61 Å². The zero-order valence-electron chi connectivity index (χ0n) is 10.4. The normalized spacial score (nSPS) is 12.0. The Balaban J connectivity index is 4.20. The van der Waals surface area contributed by atoms with Crippen LogP contribution in [0, 0.1) is 10.8 Å². The number of aliphatic hydroxyl groups excluding tert-OH is 1. The van der Waals surface area contributed by atoms with Crippen LogP contribution >= 0.6 is 0 Å². The van der Waals surface area contributed by atoms with Crippen molar-refractivity contribution >= 4 is 17.8 Å². The third-order valence-corrected chi connectivity index (χ3v) is 1.81. The fourth-order valence-corrected chi connectivity index (χ4v) is 0.755. The molecule has 0 aromatic rings. The van der Waals surface area contributed by atoms with Crippen molar-refractivity contribution in [3.63, 3.8) is 0 Å². The minimum Gasteiger partial charge on any atom is -0.387 e. The highest BCUT2D eigenvalue weighted by atomic mass is 16.3. The van der Waals surface area contributed by atoms with Crippen molar-refractivity contribution in [1.82, 2.24) is 5.32 Å². The molecule has 5 nitrogen and oxygen atoms in total. The lowest BCUT2D eigenvalue weighted by atomic mass is 9.90. The molecule has 17 heavy (non-hydrogen) atoms. The molecule has 3 N–H and O–H groups in total. The number of rotatable bonds is 5. The molecule has 0 fully saturated rings. The van der Waals surface area contributed by atoms with Gasteiger partial charge in [0.1, 0.15) is 12.4 Å². The number of allylic oxidation sites excluding steroid dienone is 2. The summed E-state index contributed by atoms with van der Waals surface area (Å²) in [5, 5.41) is 18.4. The summed E-state index contributed by atoms with van der Waals surface area (Å²) >= 11 is 0. The summed E-state index contributed by atoms with van der Waals surface area (Å²) in [4.78, 5) is 14.6. The Morgan fingerprint density at radius 3 is 2.59 bits per heavy atom. The maximum absolute atomic E-state index is 10.7. The Bertz CT molecular complexity index is 362. The van der Waals surface area contributed by atoms with Crippen LogP contribution in [0.3, 0.4) is 0 Å². The van der Waals surface area contributed by atoms with E-state index in [4.69, 9.17) is 10.5 Å². The van der Waals surface area contributed by atoms with E-state index in [1.54, 1.807) is 12.2 Å². The van der Waals surface area contributed by atoms with E-state index < -0.39 is 12.5 Å². The largest absolute Gasteiger partial charge is 0.387 e. The Labute approximate surface area is 101 Å². The van der Waals surface area contributed by atoms with Gasteiger partial charge < -0.3 is 15.8 Å². The predicted octanol–water partition coefficient (Wildman–Crippen LogP) is 1.26. The van der Waals surface area contributed by atoms with Gasteiger partial charge in [-0.15, -0.1) is 0 Å². The highest BCUT2D eigenvalue weighted by molar-refractivity contribution is 5.99. The highest BCUT2D eigenvalue weighted by Gasteiger charge is 2.13. The molecule has 0 aromatic heterocycles. The number of amides is 1.